The number of rotatable bonds is 7. The number of benzene rings is 2. The van der Waals surface area contributed by atoms with Crippen LogP contribution in [0.1, 0.15) is 18.0 Å². The van der Waals surface area contributed by atoms with Gasteiger partial charge in [0.2, 0.25) is 5.91 Å². The molecule has 0 fully saturated rings. The zero-order chi connectivity index (χ0) is 19.4. The molecule has 1 atom stereocenters. The molecule has 0 aliphatic carbocycles. The van der Waals surface area contributed by atoms with Crippen LogP contribution in [0.2, 0.25) is 0 Å². The lowest BCUT2D eigenvalue weighted by atomic mass is 10.3. The summed E-state index contributed by atoms with van der Waals surface area (Å²) in [5.41, 5.74) is 1.47. The van der Waals surface area contributed by atoms with Crippen LogP contribution < -0.4 is 10.1 Å². The van der Waals surface area contributed by atoms with Crippen LogP contribution in [-0.4, -0.2) is 36.0 Å². The van der Waals surface area contributed by atoms with E-state index < -0.39 is 6.61 Å². The van der Waals surface area contributed by atoms with Crippen molar-refractivity contribution in [3.05, 3.63) is 53.5 Å². The van der Waals surface area contributed by atoms with Crippen LogP contribution in [0.25, 0.3) is 10.2 Å². The summed E-state index contributed by atoms with van der Waals surface area (Å²) in [6.07, 6.45) is 0. The van der Waals surface area contributed by atoms with Gasteiger partial charge in [0.25, 0.3) is 0 Å². The van der Waals surface area contributed by atoms with Crippen molar-refractivity contribution in [2.75, 3.05) is 18.9 Å². The van der Waals surface area contributed by atoms with E-state index in [0.717, 1.165) is 15.2 Å². The number of hydrogen-bond donors (Lipinski definition) is 1. The molecule has 0 aliphatic rings. The lowest BCUT2D eigenvalue weighted by Gasteiger charge is -2.22. The Balaban J connectivity index is 1.58. The molecular weight excluding hydrogens is 372 g/mol. The largest absolute Gasteiger partial charge is 0.435 e. The number of alkyl halides is 2. The number of carbonyl (C=O) groups excluding carboxylic acids is 1. The fraction of sp³-hybridized carbons (Fsp3) is 0.263. The number of nitrogens with one attached hydrogen (secondary N) is 1. The maximum atomic E-state index is 12.3. The predicted molar refractivity (Wildman–Crippen MR) is 102 cm³/mol. The number of fused-ring (bicyclic) bond motifs is 1. The molecule has 0 saturated carbocycles. The second-order valence-electron chi connectivity index (χ2n) is 6.06. The van der Waals surface area contributed by atoms with Gasteiger partial charge in [-0.1, -0.05) is 12.1 Å². The third-order valence-corrected chi connectivity index (χ3v) is 5.29. The first-order valence-corrected chi connectivity index (χ1v) is 9.14. The van der Waals surface area contributed by atoms with E-state index >= 15 is 0 Å². The summed E-state index contributed by atoms with van der Waals surface area (Å²) in [4.78, 5) is 18.8. The van der Waals surface area contributed by atoms with Crippen LogP contribution in [0.15, 0.2) is 48.5 Å². The first-order chi connectivity index (χ1) is 12.9. The van der Waals surface area contributed by atoms with Gasteiger partial charge in [-0.05, 0) is 50.4 Å². The average Bonchev–Trinajstić information content (AvgIpc) is 3.06. The maximum absolute atomic E-state index is 12.3. The van der Waals surface area contributed by atoms with Gasteiger partial charge in [-0.3, -0.25) is 9.69 Å². The first kappa shape index (κ1) is 19.2. The van der Waals surface area contributed by atoms with Crippen LogP contribution in [0.4, 0.5) is 14.5 Å². The number of likely N-dealkylation sites (N-methyl/N-ethyl adjacent to an activating group) is 1. The number of halogens is 2. The van der Waals surface area contributed by atoms with E-state index in [4.69, 9.17) is 0 Å². The SMILES string of the molecule is C[C@@H](c1nc2ccccc2s1)N(C)CC(=O)Nc1ccc(OC(F)F)cc1. The minimum absolute atomic E-state index is 0.0185. The van der Waals surface area contributed by atoms with Crippen LogP contribution in [0, 0.1) is 0 Å². The fourth-order valence-electron chi connectivity index (χ4n) is 2.54. The molecule has 8 heteroatoms. The molecule has 1 heterocycles. The summed E-state index contributed by atoms with van der Waals surface area (Å²) in [6, 6.07) is 13.7. The highest BCUT2D eigenvalue weighted by Gasteiger charge is 2.18. The number of para-hydroxylation sites is 1. The van der Waals surface area contributed by atoms with Crippen molar-refractivity contribution in [2.24, 2.45) is 0 Å². The number of hydrogen-bond acceptors (Lipinski definition) is 5. The Morgan fingerprint density at radius 3 is 2.59 bits per heavy atom. The van der Waals surface area contributed by atoms with Crippen molar-refractivity contribution in [3.63, 3.8) is 0 Å². The van der Waals surface area contributed by atoms with Gasteiger partial charge in [0.05, 0.1) is 22.8 Å². The van der Waals surface area contributed by atoms with Crippen molar-refractivity contribution >= 4 is 33.1 Å². The molecule has 5 nitrogen and oxygen atoms in total. The third-order valence-electron chi connectivity index (χ3n) is 4.09. The highest BCUT2D eigenvalue weighted by atomic mass is 32.1. The molecule has 3 rings (SSSR count). The van der Waals surface area contributed by atoms with E-state index in [-0.39, 0.29) is 24.2 Å². The van der Waals surface area contributed by atoms with Gasteiger partial charge in [0, 0.05) is 5.69 Å². The van der Waals surface area contributed by atoms with Crippen molar-refractivity contribution in [2.45, 2.75) is 19.6 Å². The molecular formula is C19H19F2N3O2S. The van der Waals surface area contributed by atoms with Gasteiger partial charge < -0.3 is 10.1 Å². The van der Waals surface area contributed by atoms with Gasteiger partial charge in [0.1, 0.15) is 10.8 Å². The van der Waals surface area contributed by atoms with Crippen LogP contribution in [0.3, 0.4) is 0 Å². The average molecular weight is 391 g/mol. The summed E-state index contributed by atoms with van der Waals surface area (Å²) in [5.74, 6) is -0.155. The highest BCUT2D eigenvalue weighted by molar-refractivity contribution is 7.18. The lowest BCUT2D eigenvalue weighted by Crippen LogP contribution is -2.32. The van der Waals surface area contributed by atoms with E-state index in [0.29, 0.717) is 5.69 Å². The minimum atomic E-state index is -2.87. The predicted octanol–water partition coefficient (Wildman–Crippen LogP) is 4.53. The summed E-state index contributed by atoms with van der Waals surface area (Å²) < 4.78 is 29.7. The molecule has 142 valence electrons. The standard InChI is InChI=1S/C19H19F2N3O2S/c1-12(18-23-15-5-3-4-6-16(15)27-18)24(2)11-17(25)22-13-7-9-14(10-8-13)26-19(20)21/h3-10,12,19H,11H2,1-2H3,(H,22,25)/t12-/m0/s1. The van der Waals surface area contributed by atoms with Crippen molar-refractivity contribution < 1.29 is 18.3 Å². The molecule has 3 aromatic rings. The minimum Gasteiger partial charge on any atom is -0.435 e. The second-order valence-corrected chi connectivity index (χ2v) is 7.12. The molecule has 0 unspecified atom stereocenters. The third kappa shape index (κ3) is 4.99. The molecule has 1 aromatic heterocycles. The second kappa shape index (κ2) is 8.41. The first-order valence-electron chi connectivity index (χ1n) is 8.33. The van der Waals surface area contributed by atoms with Crippen LogP contribution in [-0.2, 0) is 4.79 Å². The Kier molecular flexibility index (Phi) is 5.98. The van der Waals surface area contributed by atoms with E-state index in [2.05, 4.69) is 15.0 Å². The Labute approximate surface area is 159 Å². The number of ether oxygens (including phenoxy) is 1. The Hall–Kier alpha value is -2.58. The summed E-state index contributed by atoms with van der Waals surface area (Å²) in [5, 5.41) is 3.69. The summed E-state index contributed by atoms with van der Waals surface area (Å²) in [7, 11) is 1.86. The molecule has 2 aromatic carbocycles. The van der Waals surface area contributed by atoms with Gasteiger partial charge in [0.15, 0.2) is 0 Å². The molecule has 1 amide bonds. The number of thiazole rings is 1. The Morgan fingerprint density at radius 2 is 1.93 bits per heavy atom. The molecule has 1 N–H and O–H groups in total. The fourth-order valence-corrected chi connectivity index (χ4v) is 3.63. The quantitative estimate of drug-likeness (QED) is 0.643. The molecule has 0 radical (unpaired) electrons. The smallest absolute Gasteiger partial charge is 0.387 e. The normalized spacial score (nSPS) is 12.5. The molecule has 27 heavy (non-hydrogen) atoms. The molecule has 0 spiro atoms. The van der Waals surface area contributed by atoms with Gasteiger partial charge in [-0.2, -0.15) is 8.78 Å². The summed E-state index contributed by atoms with van der Waals surface area (Å²) >= 11 is 1.61. The monoisotopic (exact) mass is 391 g/mol. The topological polar surface area (TPSA) is 54.5 Å². The molecule has 0 saturated heterocycles. The highest BCUT2D eigenvalue weighted by Crippen LogP contribution is 2.28. The zero-order valence-corrected chi connectivity index (χ0v) is 15.7. The van der Waals surface area contributed by atoms with Gasteiger partial charge >= 0.3 is 6.61 Å². The lowest BCUT2D eigenvalue weighted by molar-refractivity contribution is -0.117. The maximum Gasteiger partial charge on any atom is 0.387 e. The zero-order valence-electron chi connectivity index (χ0n) is 14.9. The van der Waals surface area contributed by atoms with Crippen molar-refractivity contribution in [3.8, 4) is 5.75 Å². The van der Waals surface area contributed by atoms with Gasteiger partial charge in [-0.15, -0.1) is 11.3 Å². The van der Waals surface area contributed by atoms with Crippen LogP contribution in [0.5, 0.6) is 5.75 Å². The van der Waals surface area contributed by atoms with Crippen molar-refractivity contribution in [1.29, 1.82) is 0 Å². The number of carbonyl (C=O) groups is 1. The Bertz CT molecular complexity index is 882. The van der Waals surface area contributed by atoms with Crippen LogP contribution >= 0.6 is 11.3 Å². The molecule has 0 bridgehead atoms. The van der Waals surface area contributed by atoms with E-state index in [1.165, 1.54) is 24.3 Å². The van der Waals surface area contributed by atoms with E-state index in [1.54, 1.807) is 11.3 Å². The van der Waals surface area contributed by atoms with E-state index in [1.807, 2.05) is 43.1 Å². The number of nitrogens with zero attached hydrogens (tertiary/aromatic N) is 2. The van der Waals surface area contributed by atoms with Crippen molar-refractivity contribution in [1.82, 2.24) is 9.88 Å². The number of anilines is 1. The Morgan fingerprint density at radius 1 is 1.22 bits per heavy atom. The number of amides is 1. The number of aromatic nitrogens is 1. The van der Waals surface area contributed by atoms with Gasteiger partial charge in [-0.25, -0.2) is 4.98 Å². The molecule has 0 aliphatic heterocycles. The van der Waals surface area contributed by atoms with E-state index in [9.17, 15) is 13.6 Å². The summed E-state index contributed by atoms with van der Waals surface area (Å²) in [6.45, 7) is -0.698.